The number of oxazole rings is 1. The fourth-order valence-corrected chi connectivity index (χ4v) is 1.33. The van der Waals surface area contributed by atoms with Crippen LogP contribution in [0.5, 0.6) is 0 Å². The minimum Gasteiger partial charge on any atom is -0.480 e. The van der Waals surface area contributed by atoms with Crippen molar-refractivity contribution in [2.45, 2.75) is 0 Å². The summed E-state index contributed by atoms with van der Waals surface area (Å²) in [6, 6.07) is 7.21. The van der Waals surface area contributed by atoms with Gasteiger partial charge in [-0.3, -0.25) is 9.59 Å². The highest BCUT2D eigenvalue weighted by Gasteiger charge is 2.03. The zero-order valence-corrected chi connectivity index (χ0v) is 9.29. The summed E-state index contributed by atoms with van der Waals surface area (Å²) in [5.41, 5.74) is 1.33. The number of nitrogens with zero attached hydrogens (tertiary/aromatic N) is 1. The maximum Gasteiger partial charge on any atom is 0.322 e. The summed E-state index contributed by atoms with van der Waals surface area (Å²) >= 11 is 0. The zero-order chi connectivity index (χ0) is 13.0. The molecule has 0 bridgehead atoms. The first-order valence-corrected chi connectivity index (χ1v) is 5.18. The lowest BCUT2D eigenvalue weighted by atomic mass is 10.3. The fraction of sp³-hybridized carbons (Fsp3) is 0.0833. The monoisotopic (exact) mass is 246 g/mol. The molecule has 1 aromatic heterocycles. The van der Waals surface area contributed by atoms with Gasteiger partial charge in [-0.1, -0.05) is 12.1 Å². The van der Waals surface area contributed by atoms with Crippen LogP contribution >= 0.6 is 0 Å². The van der Waals surface area contributed by atoms with Crippen LogP contribution in [-0.2, 0) is 9.59 Å². The molecule has 0 saturated heterocycles. The van der Waals surface area contributed by atoms with Crippen LogP contribution in [0.3, 0.4) is 0 Å². The van der Waals surface area contributed by atoms with E-state index in [4.69, 9.17) is 9.52 Å². The molecule has 0 aliphatic heterocycles. The van der Waals surface area contributed by atoms with E-state index in [-0.39, 0.29) is 0 Å². The van der Waals surface area contributed by atoms with Crippen LogP contribution < -0.4 is 5.32 Å². The molecule has 1 heterocycles. The number of para-hydroxylation sites is 2. The highest BCUT2D eigenvalue weighted by molar-refractivity contribution is 5.93. The van der Waals surface area contributed by atoms with Gasteiger partial charge in [-0.15, -0.1) is 0 Å². The van der Waals surface area contributed by atoms with Crippen LogP contribution in [0.2, 0.25) is 0 Å². The lowest BCUT2D eigenvalue weighted by Gasteiger charge is -1.94. The Kier molecular flexibility index (Phi) is 3.38. The number of hydrogen-bond acceptors (Lipinski definition) is 4. The summed E-state index contributed by atoms with van der Waals surface area (Å²) in [6.07, 6.45) is 2.56. The lowest BCUT2D eigenvalue weighted by molar-refractivity contribution is -0.137. The predicted molar refractivity (Wildman–Crippen MR) is 63.7 cm³/mol. The van der Waals surface area contributed by atoms with E-state index in [1.165, 1.54) is 12.2 Å². The van der Waals surface area contributed by atoms with Crippen molar-refractivity contribution in [2.75, 3.05) is 6.54 Å². The number of carboxylic acids is 1. The molecule has 1 amide bonds. The van der Waals surface area contributed by atoms with E-state index in [9.17, 15) is 9.59 Å². The summed E-state index contributed by atoms with van der Waals surface area (Å²) in [7, 11) is 0. The van der Waals surface area contributed by atoms with Gasteiger partial charge in [0.1, 0.15) is 12.1 Å². The van der Waals surface area contributed by atoms with Crippen LogP contribution in [0.1, 0.15) is 5.89 Å². The van der Waals surface area contributed by atoms with E-state index < -0.39 is 18.4 Å². The second kappa shape index (κ2) is 5.13. The van der Waals surface area contributed by atoms with Gasteiger partial charge >= 0.3 is 5.97 Å². The molecular formula is C12H10N2O4. The quantitative estimate of drug-likeness (QED) is 0.786. The molecular weight excluding hydrogens is 236 g/mol. The summed E-state index contributed by atoms with van der Waals surface area (Å²) in [5.74, 6) is -1.32. The Bertz CT molecular complexity index is 582. The third-order valence-electron chi connectivity index (χ3n) is 2.10. The molecule has 0 radical (unpaired) electrons. The fourth-order valence-electron chi connectivity index (χ4n) is 1.33. The Hall–Kier alpha value is -2.63. The van der Waals surface area contributed by atoms with Crippen molar-refractivity contribution in [3.8, 4) is 0 Å². The molecule has 2 rings (SSSR count). The maximum absolute atomic E-state index is 11.2. The van der Waals surface area contributed by atoms with Crippen LogP contribution in [0.25, 0.3) is 17.2 Å². The van der Waals surface area contributed by atoms with E-state index >= 15 is 0 Å². The van der Waals surface area contributed by atoms with Crippen molar-refractivity contribution in [1.29, 1.82) is 0 Å². The zero-order valence-electron chi connectivity index (χ0n) is 9.29. The van der Waals surface area contributed by atoms with Gasteiger partial charge in [0.2, 0.25) is 11.8 Å². The minimum absolute atomic E-state index is 0.293. The molecule has 2 aromatic rings. The first-order chi connectivity index (χ1) is 8.65. The van der Waals surface area contributed by atoms with Gasteiger partial charge in [0.15, 0.2) is 5.58 Å². The van der Waals surface area contributed by atoms with Crippen molar-refractivity contribution in [3.63, 3.8) is 0 Å². The Labute approximate surface area is 102 Å². The van der Waals surface area contributed by atoms with E-state index in [0.29, 0.717) is 17.0 Å². The molecule has 92 valence electrons. The number of rotatable bonds is 4. The Morgan fingerprint density at radius 1 is 1.39 bits per heavy atom. The third kappa shape index (κ3) is 2.94. The molecule has 2 N–H and O–H groups in total. The molecule has 0 spiro atoms. The number of aliphatic carboxylic acids is 1. The van der Waals surface area contributed by atoms with E-state index in [0.717, 1.165) is 0 Å². The van der Waals surface area contributed by atoms with Crippen molar-refractivity contribution in [3.05, 3.63) is 36.2 Å². The summed E-state index contributed by atoms with van der Waals surface area (Å²) in [6.45, 7) is -0.420. The average molecular weight is 246 g/mol. The standard InChI is InChI=1S/C12H10N2O4/c15-10(13-7-12(16)17)5-6-11-14-8-3-1-2-4-9(8)18-11/h1-6H,7H2,(H,13,15)(H,16,17)/b6-5+. The number of aromatic nitrogens is 1. The Balaban J connectivity index is 2.04. The van der Waals surface area contributed by atoms with Gasteiger partial charge in [0, 0.05) is 12.2 Å². The predicted octanol–water partition coefficient (Wildman–Crippen LogP) is 1.04. The van der Waals surface area contributed by atoms with Crippen LogP contribution in [0.4, 0.5) is 0 Å². The average Bonchev–Trinajstić information content (AvgIpc) is 2.76. The first kappa shape index (κ1) is 11.8. The Morgan fingerprint density at radius 2 is 2.17 bits per heavy atom. The molecule has 0 aliphatic carbocycles. The highest BCUT2D eigenvalue weighted by atomic mass is 16.4. The van der Waals surface area contributed by atoms with Crippen molar-refractivity contribution < 1.29 is 19.1 Å². The second-order valence-electron chi connectivity index (χ2n) is 3.46. The number of fused-ring (bicyclic) bond motifs is 1. The molecule has 0 aliphatic rings. The third-order valence-corrected chi connectivity index (χ3v) is 2.10. The molecule has 6 heteroatoms. The van der Waals surface area contributed by atoms with Crippen LogP contribution in [-0.4, -0.2) is 28.5 Å². The lowest BCUT2D eigenvalue weighted by Crippen LogP contribution is -2.27. The number of carbonyl (C=O) groups is 2. The van der Waals surface area contributed by atoms with E-state index in [1.807, 2.05) is 12.1 Å². The number of carboxylic acid groups (broad SMARTS) is 1. The summed E-state index contributed by atoms with van der Waals surface area (Å²) in [5, 5.41) is 10.6. The van der Waals surface area contributed by atoms with Gasteiger partial charge in [0.25, 0.3) is 0 Å². The number of carbonyl (C=O) groups excluding carboxylic acids is 1. The molecule has 6 nitrogen and oxygen atoms in total. The summed E-state index contributed by atoms with van der Waals surface area (Å²) in [4.78, 5) is 25.6. The van der Waals surface area contributed by atoms with Crippen LogP contribution in [0, 0.1) is 0 Å². The number of nitrogens with one attached hydrogen (secondary N) is 1. The van der Waals surface area contributed by atoms with Crippen molar-refractivity contribution in [1.82, 2.24) is 10.3 Å². The summed E-state index contributed by atoms with van der Waals surface area (Å²) < 4.78 is 5.35. The van der Waals surface area contributed by atoms with Gasteiger partial charge in [-0.05, 0) is 12.1 Å². The van der Waals surface area contributed by atoms with Crippen LogP contribution in [0.15, 0.2) is 34.8 Å². The van der Waals surface area contributed by atoms with Crippen molar-refractivity contribution >= 4 is 29.1 Å². The van der Waals surface area contributed by atoms with Gasteiger partial charge in [-0.25, -0.2) is 4.98 Å². The van der Waals surface area contributed by atoms with Gasteiger partial charge in [-0.2, -0.15) is 0 Å². The smallest absolute Gasteiger partial charge is 0.322 e. The number of benzene rings is 1. The highest BCUT2D eigenvalue weighted by Crippen LogP contribution is 2.15. The van der Waals surface area contributed by atoms with E-state index in [2.05, 4.69) is 10.3 Å². The number of amides is 1. The van der Waals surface area contributed by atoms with Gasteiger partial charge in [0.05, 0.1) is 0 Å². The molecule has 18 heavy (non-hydrogen) atoms. The van der Waals surface area contributed by atoms with E-state index in [1.54, 1.807) is 12.1 Å². The molecule has 1 aromatic carbocycles. The number of hydrogen-bond donors (Lipinski definition) is 2. The van der Waals surface area contributed by atoms with Crippen molar-refractivity contribution in [2.24, 2.45) is 0 Å². The Morgan fingerprint density at radius 3 is 2.89 bits per heavy atom. The second-order valence-corrected chi connectivity index (χ2v) is 3.46. The topological polar surface area (TPSA) is 92.4 Å². The molecule has 0 fully saturated rings. The molecule has 0 saturated carbocycles. The first-order valence-electron chi connectivity index (χ1n) is 5.18. The minimum atomic E-state index is -1.10. The normalized spacial score (nSPS) is 10.9. The molecule has 0 atom stereocenters. The molecule has 0 unspecified atom stereocenters. The largest absolute Gasteiger partial charge is 0.480 e. The van der Waals surface area contributed by atoms with Gasteiger partial charge < -0.3 is 14.8 Å². The maximum atomic E-state index is 11.2. The SMILES string of the molecule is O=C(O)CNC(=O)/C=C/c1nc2ccccc2o1.